The van der Waals surface area contributed by atoms with E-state index in [-0.39, 0.29) is 17.5 Å². The van der Waals surface area contributed by atoms with E-state index in [9.17, 15) is 9.59 Å². The second-order valence-corrected chi connectivity index (χ2v) is 10.5. The maximum Gasteiger partial charge on any atom is 0.311 e. The molecule has 0 N–H and O–H groups in total. The number of hydrogen-bond donors (Lipinski definition) is 0. The zero-order chi connectivity index (χ0) is 27.7. The molecular weight excluding hydrogens is 488 g/mol. The molecule has 0 atom stereocenters. The van der Waals surface area contributed by atoms with Crippen LogP contribution in [0.1, 0.15) is 126 Å². The molecule has 0 amide bonds. The van der Waals surface area contributed by atoms with Crippen LogP contribution < -0.4 is 14.2 Å². The van der Waals surface area contributed by atoms with Crippen LogP contribution in [0.25, 0.3) is 6.08 Å². The van der Waals surface area contributed by atoms with Gasteiger partial charge < -0.3 is 14.2 Å². The number of ether oxygens (including phenoxy) is 3. The van der Waals surface area contributed by atoms with Crippen LogP contribution >= 0.6 is 0 Å². The van der Waals surface area contributed by atoms with Crippen LogP contribution in [0.3, 0.4) is 0 Å². The Morgan fingerprint density at radius 2 is 1.38 bits per heavy atom. The Bertz CT molecular complexity index is 1070. The molecule has 3 rings (SSSR count). The van der Waals surface area contributed by atoms with E-state index >= 15 is 0 Å². The van der Waals surface area contributed by atoms with Gasteiger partial charge in [-0.2, -0.15) is 0 Å². The molecule has 2 aromatic carbocycles. The first-order chi connectivity index (χ1) is 19.1. The number of hydrogen-bond acceptors (Lipinski definition) is 5. The minimum atomic E-state index is -0.261. The predicted octanol–water partition coefficient (Wildman–Crippen LogP) is 9.48. The van der Waals surface area contributed by atoms with E-state index in [0.717, 1.165) is 24.8 Å². The van der Waals surface area contributed by atoms with Crippen LogP contribution in [0.5, 0.6) is 17.2 Å². The summed E-state index contributed by atoms with van der Waals surface area (Å²) in [5.74, 6) is 1.29. The van der Waals surface area contributed by atoms with Crippen LogP contribution in [0.2, 0.25) is 0 Å². The van der Waals surface area contributed by atoms with E-state index < -0.39 is 0 Å². The molecule has 0 unspecified atom stereocenters. The summed E-state index contributed by atoms with van der Waals surface area (Å²) in [6, 6.07) is 12.3. The molecule has 2 aromatic rings. The molecule has 0 aliphatic carbocycles. The van der Waals surface area contributed by atoms with Gasteiger partial charge in [-0.1, -0.05) is 109 Å². The summed E-state index contributed by atoms with van der Waals surface area (Å²) < 4.78 is 16.5. The summed E-state index contributed by atoms with van der Waals surface area (Å²) in [5.41, 5.74) is 1.21. The molecule has 0 saturated carbocycles. The van der Waals surface area contributed by atoms with Gasteiger partial charge in [0.1, 0.15) is 17.2 Å². The Hall–Kier alpha value is -3.08. The molecule has 1 aliphatic rings. The third kappa shape index (κ3) is 10.9. The van der Waals surface area contributed by atoms with Crippen molar-refractivity contribution in [3.63, 3.8) is 0 Å². The number of allylic oxidation sites excluding steroid dienone is 1. The average molecular weight is 535 g/mol. The number of benzene rings is 2. The van der Waals surface area contributed by atoms with E-state index in [1.807, 2.05) is 24.3 Å². The summed E-state index contributed by atoms with van der Waals surface area (Å²) in [7, 11) is 1.60. The number of ketones is 1. The Balaban J connectivity index is 1.27. The molecular formula is C34H46O5. The minimum absolute atomic E-state index is 0.229. The normalized spacial score (nSPS) is 13.4. The lowest BCUT2D eigenvalue weighted by molar-refractivity contribution is -0.134. The Labute approximate surface area is 234 Å². The van der Waals surface area contributed by atoms with E-state index in [4.69, 9.17) is 14.2 Å². The number of Topliss-reactive ketones (excluding diaryl/α,β-unsaturated/α-hetero) is 1. The standard InChI is InChI=1S/C34H46O5/c1-3-4-5-6-7-8-9-10-11-12-13-14-15-16-17-21-33(35)38-29-22-23-31-30(26-29)34(36)32(39-31)25-27-19-18-20-28(24-27)37-2/h18-20,22-26H,3-17,21H2,1-2H3/b32-25-. The molecule has 39 heavy (non-hydrogen) atoms. The van der Waals surface area contributed by atoms with Crippen molar-refractivity contribution in [3.8, 4) is 17.2 Å². The van der Waals surface area contributed by atoms with Gasteiger partial charge in [0.15, 0.2) is 5.76 Å². The zero-order valence-corrected chi connectivity index (χ0v) is 24.0. The van der Waals surface area contributed by atoms with Gasteiger partial charge in [-0.3, -0.25) is 9.59 Å². The van der Waals surface area contributed by atoms with Crippen LogP contribution in [0.4, 0.5) is 0 Å². The molecule has 0 spiro atoms. The topological polar surface area (TPSA) is 61.8 Å². The smallest absolute Gasteiger partial charge is 0.311 e. The Morgan fingerprint density at radius 1 is 0.769 bits per heavy atom. The summed E-state index contributed by atoms with van der Waals surface area (Å²) >= 11 is 0. The van der Waals surface area contributed by atoms with Crippen molar-refractivity contribution in [2.75, 3.05) is 7.11 Å². The quantitative estimate of drug-likeness (QED) is 0.0777. The van der Waals surface area contributed by atoms with Gasteiger partial charge >= 0.3 is 5.97 Å². The molecule has 212 valence electrons. The van der Waals surface area contributed by atoms with Crippen molar-refractivity contribution in [1.29, 1.82) is 0 Å². The molecule has 0 radical (unpaired) electrons. The first-order valence-electron chi connectivity index (χ1n) is 15.0. The molecule has 0 saturated heterocycles. The second-order valence-electron chi connectivity index (χ2n) is 10.5. The van der Waals surface area contributed by atoms with Crippen molar-refractivity contribution in [2.45, 2.75) is 110 Å². The number of fused-ring (bicyclic) bond motifs is 1. The summed E-state index contributed by atoms with van der Waals surface area (Å²) in [5, 5.41) is 0. The maximum atomic E-state index is 12.9. The summed E-state index contributed by atoms with van der Waals surface area (Å²) in [4.78, 5) is 25.2. The third-order valence-electron chi connectivity index (χ3n) is 7.25. The number of unbranched alkanes of at least 4 members (excludes halogenated alkanes) is 14. The SMILES string of the molecule is CCCCCCCCCCCCCCCCCC(=O)Oc1ccc2c(c1)C(=O)/C(=C/c1cccc(OC)c1)O2. The van der Waals surface area contributed by atoms with Gasteiger partial charge in [0.25, 0.3) is 0 Å². The minimum Gasteiger partial charge on any atom is -0.497 e. The van der Waals surface area contributed by atoms with Crippen LogP contribution in [0, 0.1) is 0 Å². The zero-order valence-electron chi connectivity index (χ0n) is 24.0. The summed E-state index contributed by atoms with van der Waals surface area (Å²) in [6.07, 6.45) is 21.4. The van der Waals surface area contributed by atoms with E-state index in [1.54, 1.807) is 31.4 Å². The highest BCUT2D eigenvalue weighted by molar-refractivity contribution is 6.14. The van der Waals surface area contributed by atoms with Crippen molar-refractivity contribution >= 4 is 17.8 Å². The fourth-order valence-corrected chi connectivity index (χ4v) is 4.94. The molecule has 0 fully saturated rings. The third-order valence-corrected chi connectivity index (χ3v) is 7.25. The van der Waals surface area contributed by atoms with Gasteiger partial charge in [0, 0.05) is 6.42 Å². The average Bonchev–Trinajstić information content (AvgIpc) is 3.25. The molecule has 1 heterocycles. The molecule has 5 nitrogen and oxygen atoms in total. The van der Waals surface area contributed by atoms with Crippen LogP contribution in [0.15, 0.2) is 48.2 Å². The second kappa shape index (κ2) is 17.5. The highest BCUT2D eigenvalue weighted by atomic mass is 16.5. The molecule has 5 heteroatoms. The lowest BCUT2D eigenvalue weighted by Gasteiger charge is -2.06. The van der Waals surface area contributed by atoms with E-state index in [2.05, 4.69) is 6.92 Å². The fraction of sp³-hybridized carbons (Fsp3) is 0.529. The monoisotopic (exact) mass is 534 g/mol. The highest BCUT2D eigenvalue weighted by Crippen LogP contribution is 2.35. The molecule has 1 aliphatic heterocycles. The number of rotatable bonds is 19. The number of carbonyl (C=O) groups is 2. The van der Waals surface area contributed by atoms with Crippen molar-refractivity contribution in [1.82, 2.24) is 0 Å². The Kier molecular flexibility index (Phi) is 13.7. The van der Waals surface area contributed by atoms with E-state index in [0.29, 0.717) is 29.2 Å². The van der Waals surface area contributed by atoms with Gasteiger partial charge in [0.05, 0.1) is 12.7 Å². The largest absolute Gasteiger partial charge is 0.497 e. The number of methoxy groups -OCH3 is 1. The van der Waals surface area contributed by atoms with Gasteiger partial charge in [-0.05, 0) is 48.4 Å². The first-order valence-corrected chi connectivity index (χ1v) is 15.0. The highest BCUT2D eigenvalue weighted by Gasteiger charge is 2.28. The van der Waals surface area contributed by atoms with Crippen molar-refractivity contribution < 1.29 is 23.8 Å². The van der Waals surface area contributed by atoms with Gasteiger partial charge in [-0.25, -0.2) is 0 Å². The molecule has 0 aromatic heterocycles. The van der Waals surface area contributed by atoms with Crippen molar-refractivity contribution in [2.24, 2.45) is 0 Å². The van der Waals surface area contributed by atoms with Crippen LogP contribution in [-0.4, -0.2) is 18.9 Å². The van der Waals surface area contributed by atoms with Gasteiger partial charge in [0.2, 0.25) is 5.78 Å². The van der Waals surface area contributed by atoms with Crippen molar-refractivity contribution in [3.05, 3.63) is 59.4 Å². The number of esters is 1. The summed E-state index contributed by atoms with van der Waals surface area (Å²) in [6.45, 7) is 2.27. The number of carbonyl (C=O) groups excluding carboxylic acids is 2. The predicted molar refractivity (Wildman–Crippen MR) is 158 cm³/mol. The molecule has 0 bridgehead atoms. The maximum absolute atomic E-state index is 12.9. The first kappa shape index (κ1) is 30.5. The lowest BCUT2D eigenvalue weighted by atomic mass is 10.0. The van der Waals surface area contributed by atoms with E-state index in [1.165, 1.54) is 77.0 Å². The lowest BCUT2D eigenvalue weighted by Crippen LogP contribution is -2.08. The van der Waals surface area contributed by atoms with Crippen LogP contribution in [-0.2, 0) is 4.79 Å². The fourth-order valence-electron chi connectivity index (χ4n) is 4.94. The van der Waals surface area contributed by atoms with Gasteiger partial charge in [-0.15, -0.1) is 0 Å². The Morgan fingerprint density at radius 3 is 2.00 bits per heavy atom.